The zero-order valence-corrected chi connectivity index (χ0v) is 20.8. The summed E-state index contributed by atoms with van der Waals surface area (Å²) < 4.78 is 0. The van der Waals surface area contributed by atoms with E-state index in [9.17, 15) is 9.90 Å². The number of aliphatic hydroxyl groups is 1. The molecule has 4 aromatic rings. The van der Waals surface area contributed by atoms with E-state index < -0.39 is 0 Å². The maximum atomic E-state index is 13.3. The van der Waals surface area contributed by atoms with Crippen LogP contribution in [0.1, 0.15) is 60.5 Å². The Morgan fingerprint density at radius 3 is 2.38 bits per heavy atom. The summed E-state index contributed by atoms with van der Waals surface area (Å²) in [5, 5.41) is 22.1. The van der Waals surface area contributed by atoms with Crippen molar-refractivity contribution in [2.75, 3.05) is 4.90 Å². The predicted molar refractivity (Wildman–Crippen MR) is 145 cm³/mol. The van der Waals surface area contributed by atoms with Gasteiger partial charge in [-0.25, -0.2) is 0 Å². The van der Waals surface area contributed by atoms with Crippen molar-refractivity contribution in [2.45, 2.75) is 62.8 Å². The lowest BCUT2D eigenvalue weighted by molar-refractivity contribution is 0.0931. The third-order valence-electron chi connectivity index (χ3n) is 8.51. The second-order valence-electron chi connectivity index (χ2n) is 11.0. The first-order valence-electron chi connectivity index (χ1n) is 13.5. The Hall–Kier alpha value is -3.64. The van der Waals surface area contributed by atoms with E-state index in [2.05, 4.69) is 56.8 Å². The van der Waals surface area contributed by atoms with Gasteiger partial charge in [0.15, 0.2) is 0 Å². The lowest BCUT2D eigenvalue weighted by atomic mass is 9.98. The Kier molecular flexibility index (Phi) is 5.50. The number of aliphatic hydroxyl groups excluding tert-OH is 1. The molecule has 2 bridgehead atoms. The average Bonchev–Trinajstić information content (AvgIpc) is 3.62. The summed E-state index contributed by atoms with van der Waals surface area (Å²) in [6, 6.07) is 25.6. The number of piperidine rings is 1. The number of fused-ring (bicyclic) bond motifs is 3. The summed E-state index contributed by atoms with van der Waals surface area (Å²) in [5.74, 6) is 0.462. The predicted octanol–water partition coefficient (Wildman–Crippen LogP) is 5.60. The fraction of sp³-hybridized carbons (Fsp3) is 0.355. The van der Waals surface area contributed by atoms with Crippen LogP contribution in [-0.4, -0.2) is 39.4 Å². The molecule has 3 aromatic carbocycles. The quantitative estimate of drug-likeness (QED) is 0.327. The minimum absolute atomic E-state index is 0.0481. The Labute approximate surface area is 216 Å². The first-order valence-corrected chi connectivity index (χ1v) is 13.5. The number of hydrogen-bond acceptors (Lipinski definition) is 4. The molecule has 37 heavy (non-hydrogen) atoms. The topological polar surface area (TPSA) is 81.2 Å². The lowest BCUT2D eigenvalue weighted by Crippen LogP contribution is -2.44. The molecule has 3 N–H and O–H groups in total. The number of H-pyrrole nitrogens is 1. The van der Waals surface area contributed by atoms with Gasteiger partial charge in [0.05, 0.1) is 23.4 Å². The lowest BCUT2D eigenvalue weighted by Gasteiger charge is -2.39. The summed E-state index contributed by atoms with van der Waals surface area (Å²) in [6.45, 7) is 0. The van der Waals surface area contributed by atoms with Gasteiger partial charge < -0.3 is 15.3 Å². The van der Waals surface area contributed by atoms with Crippen LogP contribution < -0.4 is 10.2 Å². The van der Waals surface area contributed by atoms with Gasteiger partial charge in [-0.2, -0.15) is 5.10 Å². The van der Waals surface area contributed by atoms with Crippen molar-refractivity contribution in [3.8, 4) is 11.3 Å². The van der Waals surface area contributed by atoms with Crippen LogP contribution in [0.15, 0.2) is 72.8 Å². The number of carbonyl (C=O) groups is 1. The number of nitrogens with one attached hydrogen (secondary N) is 2. The fourth-order valence-electron chi connectivity index (χ4n) is 6.52. The minimum atomic E-state index is -0.165. The van der Waals surface area contributed by atoms with Gasteiger partial charge in [0.1, 0.15) is 0 Å². The van der Waals surface area contributed by atoms with Crippen LogP contribution in [0, 0.1) is 5.92 Å². The van der Waals surface area contributed by atoms with E-state index in [1.807, 2.05) is 36.4 Å². The molecular formula is C31H32N4O2. The number of anilines is 1. The van der Waals surface area contributed by atoms with Gasteiger partial charge in [-0.15, -0.1) is 0 Å². The summed E-state index contributed by atoms with van der Waals surface area (Å²) in [7, 11) is 0. The van der Waals surface area contributed by atoms with Crippen LogP contribution in [-0.2, 0) is 0 Å². The molecular weight excluding hydrogens is 460 g/mol. The Morgan fingerprint density at radius 1 is 0.946 bits per heavy atom. The summed E-state index contributed by atoms with van der Waals surface area (Å²) in [5.41, 5.74) is 5.83. The van der Waals surface area contributed by atoms with E-state index in [1.165, 1.54) is 11.3 Å². The number of nitrogens with zero attached hydrogens (tertiary/aromatic N) is 2. The van der Waals surface area contributed by atoms with Crippen LogP contribution in [0.4, 0.5) is 5.69 Å². The molecule has 188 valence electrons. The monoisotopic (exact) mass is 492 g/mol. The van der Waals surface area contributed by atoms with Crippen molar-refractivity contribution in [3.05, 3.63) is 83.9 Å². The fourth-order valence-corrected chi connectivity index (χ4v) is 6.52. The van der Waals surface area contributed by atoms with E-state index in [1.54, 1.807) is 0 Å². The van der Waals surface area contributed by atoms with Crippen LogP contribution >= 0.6 is 0 Å². The molecule has 2 aliphatic heterocycles. The van der Waals surface area contributed by atoms with E-state index >= 15 is 0 Å². The van der Waals surface area contributed by atoms with Gasteiger partial charge in [0.2, 0.25) is 0 Å². The minimum Gasteiger partial charge on any atom is -0.393 e. The van der Waals surface area contributed by atoms with E-state index in [-0.39, 0.29) is 18.1 Å². The number of hydrogen-bond donors (Lipinski definition) is 3. The summed E-state index contributed by atoms with van der Waals surface area (Å²) >= 11 is 0. The SMILES string of the molecule is O=C(N[C@H](c1ccccc1)C1CC1)c1ccc2[nH]nc(-c3ccc(N4[C@@H]5CC[C@H]4C[C@H](O)C5)cc3)c2c1. The second kappa shape index (κ2) is 9.03. The highest BCUT2D eigenvalue weighted by Crippen LogP contribution is 2.42. The highest BCUT2D eigenvalue weighted by atomic mass is 16.3. The van der Waals surface area contributed by atoms with Crippen LogP contribution in [0.2, 0.25) is 0 Å². The van der Waals surface area contributed by atoms with Gasteiger partial charge in [-0.3, -0.25) is 9.89 Å². The molecule has 0 radical (unpaired) electrons. The Balaban J connectivity index is 1.14. The molecule has 2 saturated heterocycles. The standard InChI is InChI=1S/C31H32N4O2/c36-26-17-24-13-14-25(18-26)35(24)23-11-8-21(9-12-23)30-27-16-22(10-15-28(27)33-34-30)31(37)32-29(20-6-7-20)19-4-2-1-3-5-19/h1-5,8-12,15-16,20,24-26,29,36H,6-7,13-14,17-18H2,(H,32,37)(H,33,34)/t24-,25+,26-,29-/m1/s1. The van der Waals surface area contributed by atoms with Crippen molar-refractivity contribution >= 4 is 22.5 Å². The zero-order valence-electron chi connectivity index (χ0n) is 20.8. The van der Waals surface area contributed by atoms with Gasteiger partial charge in [0, 0.05) is 34.3 Å². The number of aromatic amines is 1. The van der Waals surface area contributed by atoms with Crippen LogP contribution in [0.5, 0.6) is 0 Å². The molecule has 1 saturated carbocycles. The second-order valence-corrected chi connectivity index (χ2v) is 11.0. The smallest absolute Gasteiger partial charge is 0.251 e. The van der Waals surface area contributed by atoms with Gasteiger partial charge in [-0.05, 0) is 80.3 Å². The maximum absolute atomic E-state index is 13.3. The molecule has 1 amide bonds. The molecule has 7 rings (SSSR count). The average molecular weight is 493 g/mol. The van der Waals surface area contributed by atoms with Crippen molar-refractivity contribution < 1.29 is 9.90 Å². The first kappa shape index (κ1) is 22.5. The van der Waals surface area contributed by atoms with Crippen molar-refractivity contribution in [1.29, 1.82) is 0 Å². The zero-order chi connectivity index (χ0) is 24.9. The van der Waals surface area contributed by atoms with Gasteiger partial charge in [-0.1, -0.05) is 42.5 Å². The van der Waals surface area contributed by atoms with Gasteiger partial charge in [0.25, 0.3) is 5.91 Å². The normalized spacial score (nSPS) is 23.8. The number of aromatic nitrogens is 2. The van der Waals surface area contributed by atoms with E-state index in [4.69, 9.17) is 0 Å². The number of rotatable bonds is 6. The van der Waals surface area contributed by atoms with E-state index in [0.717, 1.165) is 60.7 Å². The third-order valence-corrected chi connectivity index (χ3v) is 8.51. The van der Waals surface area contributed by atoms with E-state index in [0.29, 0.717) is 23.6 Å². The number of amides is 1. The molecule has 3 aliphatic rings. The number of benzene rings is 3. The third kappa shape index (κ3) is 4.19. The summed E-state index contributed by atoms with van der Waals surface area (Å²) in [6.07, 6.45) is 6.18. The molecule has 4 atom stereocenters. The highest BCUT2D eigenvalue weighted by molar-refractivity contribution is 6.01. The molecule has 1 aliphatic carbocycles. The highest BCUT2D eigenvalue weighted by Gasteiger charge is 2.40. The molecule has 0 spiro atoms. The van der Waals surface area contributed by atoms with Crippen molar-refractivity contribution in [1.82, 2.24) is 15.5 Å². The molecule has 3 fully saturated rings. The van der Waals surface area contributed by atoms with Crippen LogP contribution in [0.3, 0.4) is 0 Å². The molecule has 1 aromatic heterocycles. The molecule has 3 heterocycles. The Bertz CT molecular complexity index is 1410. The molecule has 0 unspecified atom stereocenters. The number of carbonyl (C=O) groups excluding carboxylic acids is 1. The van der Waals surface area contributed by atoms with Crippen molar-refractivity contribution in [2.24, 2.45) is 5.92 Å². The maximum Gasteiger partial charge on any atom is 0.251 e. The van der Waals surface area contributed by atoms with Crippen LogP contribution in [0.25, 0.3) is 22.2 Å². The first-order chi connectivity index (χ1) is 18.1. The molecule has 6 heteroatoms. The van der Waals surface area contributed by atoms with Gasteiger partial charge >= 0.3 is 0 Å². The molecule has 6 nitrogen and oxygen atoms in total. The largest absolute Gasteiger partial charge is 0.393 e. The van der Waals surface area contributed by atoms with Crippen molar-refractivity contribution in [3.63, 3.8) is 0 Å². The Morgan fingerprint density at radius 2 is 1.68 bits per heavy atom. The summed E-state index contributed by atoms with van der Waals surface area (Å²) in [4.78, 5) is 15.8.